The molecule has 0 bridgehead atoms. The first-order valence-electron chi connectivity index (χ1n) is 7.86. The van der Waals surface area contributed by atoms with Crippen LogP contribution in [0.15, 0.2) is 48.8 Å². The SMILES string of the molecule is Cc1cccc(NC(=O)c2cc(Nc3ccc(F)cc3F)ncn2)c1C. The van der Waals surface area contributed by atoms with Gasteiger partial charge in [0.05, 0.1) is 5.69 Å². The van der Waals surface area contributed by atoms with Gasteiger partial charge in [0.1, 0.15) is 29.5 Å². The average molecular weight is 354 g/mol. The first kappa shape index (κ1) is 17.5. The minimum Gasteiger partial charge on any atom is -0.338 e. The summed E-state index contributed by atoms with van der Waals surface area (Å²) in [6.45, 7) is 3.87. The number of rotatable bonds is 4. The number of benzene rings is 2. The predicted molar refractivity (Wildman–Crippen MR) is 95.5 cm³/mol. The summed E-state index contributed by atoms with van der Waals surface area (Å²) in [5.74, 6) is -1.63. The quantitative estimate of drug-likeness (QED) is 0.730. The van der Waals surface area contributed by atoms with Gasteiger partial charge in [0.25, 0.3) is 5.91 Å². The Labute approximate surface area is 149 Å². The van der Waals surface area contributed by atoms with Crippen molar-refractivity contribution in [2.24, 2.45) is 0 Å². The van der Waals surface area contributed by atoms with Crippen LogP contribution in [-0.4, -0.2) is 15.9 Å². The number of nitrogens with zero attached hydrogens (tertiary/aromatic N) is 2. The molecule has 2 aromatic carbocycles. The zero-order valence-electron chi connectivity index (χ0n) is 14.2. The van der Waals surface area contributed by atoms with Crippen LogP contribution in [0.5, 0.6) is 0 Å². The van der Waals surface area contributed by atoms with Crippen LogP contribution in [-0.2, 0) is 0 Å². The van der Waals surface area contributed by atoms with Crippen molar-refractivity contribution in [1.29, 1.82) is 0 Å². The molecular formula is C19H16F2N4O. The molecule has 3 rings (SSSR count). The molecule has 0 aliphatic heterocycles. The summed E-state index contributed by atoms with van der Waals surface area (Å²) >= 11 is 0. The lowest BCUT2D eigenvalue weighted by atomic mass is 10.1. The topological polar surface area (TPSA) is 66.9 Å². The molecule has 1 amide bonds. The molecule has 0 saturated heterocycles. The Morgan fingerprint density at radius 3 is 2.58 bits per heavy atom. The summed E-state index contributed by atoms with van der Waals surface area (Å²) in [7, 11) is 0. The van der Waals surface area contributed by atoms with Crippen LogP contribution < -0.4 is 10.6 Å². The number of amides is 1. The van der Waals surface area contributed by atoms with Gasteiger partial charge in [-0.3, -0.25) is 4.79 Å². The van der Waals surface area contributed by atoms with E-state index in [4.69, 9.17) is 0 Å². The summed E-state index contributed by atoms with van der Waals surface area (Å²) in [6, 6.07) is 10.1. The molecule has 7 heteroatoms. The molecule has 0 saturated carbocycles. The highest BCUT2D eigenvalue weighted by atomic mass is 19.1. The Bertz CT molecular complexity index is 976. The second kappa shape index (κ2) is 7.26. The molecule has 0 aliphatic carbocycles. The molecule has 0 aliphatic rings. The van der Waals surface area contributed by atoms with Crippen molar-refractivity contribution >= 4 is 23.1 Å². The van der Waals surface area contributed by atoms with Gasteiger partial charge < -0.3 is 10.6 Å². The van der Waals surface area contributed by atoms with Crippen molar-refractivity contribution in [3.8, 4) is 0 Å². The molecule has 132 valence electrons. The van der Waals surface area contributed by atoms with E-state index in [2.05, 4.69) is 20.6 Å². The highest BCUT2D eigenvalue weighted by Crippen LogP contribution is 2.21. The maximum absolute atomic E-state index is 13.7. The van der Waals surface area contributed by atoms with Crippen LogP contribution in [0.2, 0.25) is 0 Å². The fourth-order valence-electron chi connectivity index (χ4n) is 2.35. The van der Waals surface area contributed by atoms with Crippen LogP contribution in [0.25, 0.3) is 0 Å². The number of anilines is 3. The van der Waals surface area contributed by atoms with Gasteiger partial charge in [-0.05, 0) is 43.2 Å². The molecule has 3 aromatic rings. The number of aromatic nitrogens is 2. The third-order valence-corrected chi connectivity index (χ3v) is 3.95. The molecule has 1 heterocycles. The first-order chi connectivity index (χ1) is 12.4. The Morgan fingerprint density at radius 2 is 1.81 bits per heavy atom. The first-order valence-corrected chi connectivity index (χ1v) is 7.86. The van der Waals surface area contributed by atoms with E-state index < -0.39 is 17.5 Å². The maximum atomic E-state index is 13.7. The van der Waals surface area contributed by atoms with Gasteiger partial charge in [-0.15, -0.1) is 0 Å². The van der Waals surface area contributed by atoms with Gasteiger partial charge in [-0.2, -0.15) is 0 Å². The lowest BCUT2D eigenvalue weighted by Crippen LogP contribution is -2.15. The van der Waals surface area contributed by atoms with Crippen LogP contribution in [0.1, 0.15) is 21.6 Å². The molecule has 1 aromatic heterocycles. The summed E-state index contributed by atoms with van der Waals surface area (Å²) in [5, 5.41) is 5.50. The fraction of sp³-hybridized carbons (Fsp3) is 0.105. The number of halogens is 2. The smallest absolute Gasteiger partial charge is 0.274 e. The zero-order chi connectivity index (χ0) is 18.7. The van der Waals surface area contributed by atoms with E-state index in [1.54, 1.807) is 6.07 Å². The van der Waals surface area contributed by atoms with E-state index in [-0.39, 0.29) is 17.2 Å². The normalized spacial score (nSPS) is 10.5. The third kappa shape index (κ3) is 3.83. The van der Waals surface area contributed by atoms with E-state index in [0.717, 1.165) is 23.3 Å². The summed E-state index contributed by atoms with van der Waals surface area (Å²) in [6.07, 6.45) is 1.20. The Morgan fingerprint density at radius 1 is 1.00 bits per heavy atom. The zero-order valence-corrected chi connectivity index (χ0v) is 14.2. The second-order valence-electron chi connectivity index (χ2n) is 5.74. The molecule has 0 radical (unpaired) electrons. The molecule has 0 fully saturated rings. The van der Waals surface area contributed by atoms with E-state index in [1.807, 2.05) is 26.0 Å². The maximum Gasteiger partial charge on any atom is 0.274 e. The number of nitrogens with one attached hydrogen (secondary N) is 2. The van der Waals surface area contributed by atoms with Crippen LogP contribution in [0.4, 0.5) is 26.0 Å². The van der Waals surface area contributed by atoms with E-state index in [9.17, 15) is 13.6 Å². The van der Waals surface area contributed by atoms with Crippen LogP contribution >= 0.6 is 0 Å². The number of carbonyl (C=O) groups excluding carboxylic acids is 1. The fourth-order valence-corrected chi connectivity index (χ4v) is 2.35. The van der Waals surface area contributed by atoms with Crippen molar-refractivity contribution < 1.29 is 13.6 Å². The van der Waals surface area contributed by atoms with Gasteiger partial charge in [0, 0.05) is 17.8 Å². The molecular weight excluding hydrogens is 338 g/mol. The highest BCUT2D eigenvalue weighted by molar-refractivity contribution is 6.03. The molecule has 0 unspecified atom stereocenters. The van der Waals surface area contributed by atoms with Gasteiger partial charge in [-0.25, -0.2) is 18.7 Å². The molecule has 2 N–H and O–H groups in total. The lowest BCUT2D eigenvalue weighted by Gasteiger charge is -2.11. The molecule has 5 nitrogen and oxygen atoms in total. The predicted octanol–water partition coefficient (Wildman–Crippen LogP) is 4.37. The van der Waals surface area contributed by atoms with Crippen molar-refractivity contribution in [3.05, 3.63) is 77.2 Å². The summed E-state index contributed by atoms with van der Waals surface area (Å²) in [4.78, 5) is 20.3. The number of aryl methyl sites for hydroxylation is 1. The minimum absolute atomic E-state index is 0.0472. The largest absolute Gasteiger partial charge is 0.338 e. The Kier molecular flexibility index (Phi) is 4.88. The third-order valence-electron chi connectivity index (χ3n) is 3.95. The number of hydrogen-bond donors (Lipinski definition) is 2. The minimum atomic E-state index is -0.759. The standard InChI is InChI=1S/C19H16F2N4O/c1-11-4-3-5-15(12(11)2)25-19(26)17-9-18(23-10-22-17)24-16-7-6-13(20)8-14(16)21/h3-10H,1-2H3,(H,25,26)(H,22,23,24). The second-order valence-corrected chi connectivity index (χ2v) is 5.74. The molecule has 0 spiro atoms. The van der Waals surface area contributed by atoms with Crippen molar-refractivity contribution in [2.75, 3.05) is 10.6 Å². The van der Waals surface area contributed by atoms with Gasteiger partial charge in [-0.1, -0.05) is 12.1 Å². The average Bonchev–Trinajstić information content (AvgIpc) is 2.61. The van der Waals surface area contributed by atoms with Gasteiger partial charge in [0.15, 0.2) is 0 Å². The highest BCUT2D eigenvalue weighted by Gasteiger charge is 2.12. The number of hydrogen-bond acceptors (Lipinski definition) is 4. The van der Waals surface area contributed by atoms with Gasteiger partial charge in [0.2, 0.25) is 0 Å². The molecule has 26 heavy (non-hydrogen) atoms. The van der Waals surface area contributed by atoms with Crippen LogP contribution in [0.3, 0.4) is 0 Å². The van der Waals surface area contributed by atoms with E-state index >= 15 is 0 Å². The van der Waals surface area contributed by atoms with Crippen molar-refractivity contribution in [1.82, 2.24) is 9.97 Å². The molecule has 0 atom stereocenters. The van der Waals surface area contributed by atoms with E-state index in [1.165, 1.54) is 18.5 Å². The van der Waals surface area contributed by atoms with Crippen LogP contribution in [0, 0.1) is 25.5 Å². The van der Waals surface area contributed by atoms with E-state index in [0.29, 0.717) is 5.69 Å². The monoisotopic (exact) mass is 354 g/mol. The lowest BCUT2D eigenvalue weighted by molar-refractivity contribution is 0.102. The Balaban J connectivity index is 1.80. The Hall–Kier alpha value is -3.35. The number of carbonyl (C=O) groups is 1. The van der Waals surface area contributed by atoms with Crippen molar-refractivity contribution in [3.63, 3.8) is 0 Å². The summed E-state index contributed by atoms with van der Waals surface area (Å²) < 4.78 is 26.7. The summed E-state index contributed by atoms with van der Waals surface area (Å²) in [5.41, 5.74) is 2.87. The van der Waals surface area contributed by atoms with Crippen molar-refractivity contribution in [2.45, 2.75) is 13.8 Å². The van der Waals surface area contributed by atoms with Gasteiger partial charge >= 0.3 is 0 Å².